The first-order valence-corrected chi connectivity index (χ1v) is 15.9. The zero-order chi connectivity index (χ0) is 34.7. The molecule has 1 aromatic heterocycles. The number of carbonyl (C=O) groups excluding carboxylic acids is 2. The lowest BCUT2D eigenvalue weighted by Crippen LogP contribution is -2.68. The predicted octanol–water partition coefficient (Wildman–Crippen LogP) is 7.72. The van der Waals surface area contributed by atoms with E-state index < -0.39 is 52.5 Å². The Bertz CT molecular complexity index is 1590. The fourth-order valence-corrected chi connectivity index (χ4v) is 6.61. The number of ether oxygens (including phenoxy) is 2. The van der Waals surface area contributed by atoms with Gasteiger partial charge in [0.05, 0.1) is 22.7 Å². The molecule has 0 unspecified atom stereocenters. The van der Waals surface area contributed by atoms with E-state index in [2.05, 4.69) is 4.98 Å². The third-order valence-corrected chi connectivity index (χ3v) is 9.00. The summed E-state index contributed by atoms with van der Waals surface area (Å²) in [5, 5.41) is 0. The van der Waals surface area contributed by atoms with Crippen LogP contribution >= 0.6 is 0 Å². The molecule has 0 spiro atoms. The van der Waals surface area contributed by atoms with E-state index >= 15 is 0 Å². The van der Waals surface area contributed by atoms with Crippen molar-refractivity contribution in [2.24, 2.45) is 0 Å². The van der Waals surface area contributed by atoms with Gasteiger partial charge in [-0.2, -0.15) is 26.3 Å². The Labute approximate surface area is 274 Å². The number of likely N-dealkylation sites (tertiary alicyclic amines) is 2. The lowest BCUT2D eigenvalue weighted by Gasteiger charge is -2.50. The summed E-state index contributed by atoms with van der Waals surface area (Å²) in [6.45, 7) is 4.35. The van der Waals surface area contributed by atoms with Crippen LogP contribution in [0.15, 0.2) is 67.0 Å². The first kappa shape index (κ1) is 35.0. The Kier molecular flexibility index (Phi) is 10.3. The van der Waals surface area contributed by atoms with E-state index in [1.165, 1.54) is 4.90 Å². The van der Waals surface area contributed by atoms with Crippen molar-refractivity contribution in [1.29, 1.82) is 0 Å². The van der Waals surface area contributed by atoms with Crippen LogP contribution in [0.5, 0.6) is 11.5 Å². The second-order valence-electron chi connectivity index (χ2n) is 12.2. The molecule has 2 aromatic carbocycles. The van der Waals surface area contributed by atoms with Gasteiger partial charge in [-0.1, -0.05) is 31.5 Å². The van der Waals surface area contributed by atoms with Crippen LogP contribution in [-0.2, 0) is 17.1 Å². The molecule has 0 aliphatic carbocycles. The SMILES string of the molecule is CCC[C@H]1N(C(=O)c2cnccc2C(F)(F)F)CCC[C@@]1(Oc1ccc(C(F)(F)F)cc1)C(=O)N1CCC(Oc2ccccc2C)CC1. The average molecular weight is 678 g/mol. The molecule has 3 aromatic rings. The minimum absolute atomic E-state index is 0.0260. The van der Waals surface area contributed by atoms with Crippen LogP contribution in [0.1, 0.15) is 72.5 Å². The van der Waals surface area contributed by atoms with Crippen molar-refractivity contribution in [2.75, 3.05) is 19.6 Å². The Morgan fingerprint density at radius 1 is 0.938 bits per heavy atom. The van der Waals surface area contributed by atoms with Crippen LogP contribution in [0.3, 0.4) is 0 Å². The van der Waals surface area contributed by atoms with Gasteiger partial charge in [0.15, 0.2) is 0 Å². The summed E-state index contributed by atoms with van der Waals surface area (Å²) in [7, 11) is 0. The Morgan fingerprint density at radius 2 is 1.62 bits per heavy atom. The van der Waals surface area contributed by atoms with Gasteiger partial charge in [0.25, 0.3) is 11.8 Å². The van der Waals surface area contributed by atoms with Crippen molar-refractivity contribution >= 4 is 11.8 Å². The lowest BCUT2D eigenvalue weighted by atomic mass is 9.79. The third-order valence-electron chi connectivity index (χ3n) is 9.00. The monoisotopic (exact) mass is 677 g/mol. The number of alkyl halides is 6. The minimum Gasteiger partial charge on any atom is -0.490 e. The number of piperidine rings is 2. The first-order chi connectivity index (χ1) is 22.7. The number of hydrogen-bond donors (Lipinski definition) is 0. The van der Waals surface area contributed by atoms with E-state index in [1.54, 1.807) is 4.90 Å². The molecule has 2 amide bonds. The number of benzene rings is 2. The second kappa shape index (κ2) is 14.1. The van der Waals surface area contributed by atoms with Crippen molar-refractivity contribution in [2.45, 2.75) is 82.5 Å². The summed E-state index contributed by atoms with van der Waals surface area (Å²) < 4.78 is 94.6. The van der Waals surface area contributed by atoms with Crippen molar-refractivity contribution in [3.63, 3.8) is 0 Å². The molecule has 0 saturated carbocycles. The van der Waals surface area contributed by atoms with E-state index in [-0.39, 0.29) is 50.8 Å². The average Bonchev–Trinajstić information content (AvgIpc) is 3.06. The molecular formula is C35H37F6N3O4. The normalized spacial score (nSPS) is 20.8. The van der Waals surface area contributed by atoms with Crippen molar-refractivity contribution < 1.29 is 45.4 Å². The zero-order valence-electron chi connectivity index (χ0n) is 26.6. The molecule has 2 aliphatic rings. The van der Waals surface area contributed by atoms with Crippen LogP contribution in [0.25, 0.3) is 0 Å². The van der Waals surface area contributed by atoms with Gasteiger partial charge in [0, 0.05) is 51.3 Å². The number of amides is 2. The third kappa shape index (κ3) is 7.39. The second-order valence-corrected chi connectivity index (χ2v) is 12.2. The highest BCUT2D eigenvalue weighted by Gasteiger charge is 2.56. The molecule has 0 bridgehead atoms. The fourth-order valence-electron chi connectivity index (χ4n) is 6.61. The molecule has 3 heterocycles. The van der Waals surface area contributed by atoms with E-state index in [4.69, 9.17) is 9.47 Å². The number of aromatic nitrogens is 1. The maximum absolute atomic E-state index is 14.7. The Morgan fingerprint density at radius 3 is 2.25 bits per heavy atom. The highest BCUT2D eigenvalue weighted by atomic mass is 19.4. The smallest absolute Gasteiger partial charge is 0.417 e. The molecule has 13 heteroatoms. The van der Waals surface area contributed by atoms with Crippen LogP contribution in [0, 0.1) is 6.92 Å². The Balaban J connectivity index is 1.49. The lowest BCUT2D eigenvalue weighted by molar-refractivity contribution is -0.161. The highest BCUT2D eigenvalue weighted by molar-refractivity contribution is 5.97. The summed E-state index contributed by atoms with van der Waals surface area (Å²) in [4.78, 5) is 35.3. The number of rotatable bonds is 8. The van der Waals surface area contributed by atoms with Crippen LogP contribution in [-0.4, -0.2) is 64.0 Å². The summed E-state index contributed by atoms with van der Waals surface area (Å²) >= 11 is 0. The van der Waals surface area contributed by atoms with Crippen LogP contribution in [0.4, 0.5) is 26.3 Å². The predicted molar refractivity (Wildman–Crippen MR) is 164 cm³/mol. The molecule has 5 rings (SSSR count). The van der Waals surface area contributed by atoms with E-state index in [9.17, 15) is 35.9 Å². The van der Waals surface area contributed by atoms with Gasteiger partial charge in [-0.3, -0.25) is 14.6 Å². The molecule has 2 saturated heterocycles. The van der Waals surface area contributed by atoms with E-state index in [0.717, 1.165) is 54.0 Å². The fraction of sp³-hybridized carbons (Fsp3) is 0.457. The molecule has 7 nitrogen and oxygen atoms in total. The zero-order valence-corrected chi connectivity index (χ0v) is 26.6. The summed E-state index contributed by atoms with van der Waals surface area (Å²) in [6.07, 6.45) is -5.90. The number of halogens is 6. The molecule has 48 heavy (non-hydrogen) atoms. The van der Waals surface area contributed by atoms with Crippen LogP contribution in [0.2, 0.25) is 0 Å². The molecule has 2 atom stereocenters. The molecule has 2 aliphatic heterocycles. The number of aryl methyl sites for hydroxylation is 1. The number of pyridine rings is 1. The van der Waals surface area contributed by atoms with Crippen molar-refractivity contribution in [1.82, 2.24) is 14.8 Å². The standard InChI is InChI=1S/C35H37F6N3O4/c1-3-7-30-33(48-26-12-10-24(11-13-26)34(36,37)38,17-6-19-44(30)31(45)27-22-42-18-14-28(27)35(39,40)41)32(46)43-20-15-25(16-21-43)47-29-9-5-4-8-23(29)2/h4-5,8-14,18,22,25,30H,3,6-7,15-17,19-21H2,1-2H3/t30-,33+/m1/s1. The van der Waals surface area contributed by atoms with Gasteiger partial charge in [-0.05, 0) is 61.7 Å². The molecule has 0 N–H and O–H groups in total. The summed E-state index contributed by atoms with van der Waals surface area (Å²) in [5.74, 6) is -0.716. The molecule has 0 radical (unpaired) electrons. The number of hydrogen-bond acceptors (Lipinski definition) is 5. The summed E-state index contributed by atoms with van der Waals surface area (Å²) in [5.41, 5.74) is -3.53. The highest BCUT2D eigenvalue weighted by Crippen LogP contribution is 2.41. The topological polar surface area (TPSA) is 72.0 Å². The number of carbonyl (C=O) groups is 2. The first-order valence-electron chi connectivity index (χ1n) is 15.9. The van der Waals surface area contributed by atoms with Gasteiger partial charge >= 0.3 is 12.4 Å². The van der Waals surface area contributed by atoms with Gasteiger partial charge in [-0.15, -0.1) is 0 Å². The maximum Gasteiger partial charge on any atom is 0.417 e. The number of nitrogens with zero attached hydrogens (tertiary/aromatic N) is 3. The van der Waals surface area contributed by atoms with E-state index in [1.807, 2.05) is 38.1 Å². The molecule has 2 fully saturated rings. The summed E-state index contributed by atoms with van der Waals surface area (Å²) in [6, 6.07) is 11.2. The van der Waals surface area contributed by atoms with Gasteiger partial charge in [-0.25, -0.2) is 0 Å². The molecular weight excluding hydrogens is 640 g/mol. The van der Waals surface area contributed by atoms with Gasteiger partial charge < -0.3 is 19.3 Å². The van der Waals surface area contributed by atoms with Gasteiger partial charge in [0.1, 0.15) is 17.6 Å². The van der Waals surface area contributed by atoms with E-state index in [0.29, 0.717) is 19.3 Å². The van der Waals surface area contributed by atoms with Gasteiger partial charge in [0.2, 0.25) is 5.60 Å². The van der Waals surface area contributed by atoms with Crippen LogP contribution < -0.4 is 9.47 Å². The number of para-hydroxylation sites is 1. The largest absolute Gasteiger partial charge is 0.490 e. The molecule has 258 valence electrons. The Hall–Kier alpha value is -4.29. The maximum atomic E-state index is 14.7. The minimum atomic E-state index is -4.84. The quantitative estimate of drug-likeness (QED) is 0.229. The van der Waals surface area contributed by atoms with Crippen molar-refractivity contribution in [3.8, 4) is 11.5 Å². The van der Waals surface area contributed by atoms with Crippen molar-refractivity contribution in [3.05, 3.63) is 89.2 Å².